The lowest BCUT2D eigenvalue weighted by Gasteiger charge is -2.01. The van der Waals surface area contributed by atoms with Gasteiger partial charge in [-0.25, -0.2) is 0 Å². The molecule has 0 atom stereocenters. The first-order chi connectivity index (χ1) is 5.31. The van der Waals surface area contributed by atoms with Gasteiger partial charge in [0.1, 0.15) is 0 Å². The van der Waals surface area contributed by atoms with Gasteiger partial charge < -0.3 is 10.4 Å². The van der Waals surface area contributed by atoms with E-state index < -0.39 is 0 Å². The fraction of sp³-hybridized carbons (Fsp3) is 0.857. The molecule has 2 N–H and O–H groups in total. The third-order valence-corrected chi connectivity index (χ3v) is 1.54. The highest BCUT2D eigenvalue weighted by Crippen LogP contribution is 1.87. The molecule has 3 nitrogen and oxygen atoms in total. The SMILES string of the molecule is O=C(CCCO)NCCCS. The molecule has 0 aromatic rings. The van der Waals surface area contributed by atoms with Crippen LogP contribution in [0.2, 0.25) is 0 Å². The van der Waals surface area contributed by atoms with E-state index in [4.69, 9.17) is 5.11 Å². The average molecular weight is 177 g/mol. The molecule has 4 heteroatoms. The van der Waals surface area contributed by atoms with Crippen LogP contribution >= 0.6 is 12.6 Å². The Kier molecular flexibility index (Phi) is 7.72. The van der Waals surface area contributed by atoms with Crippen LogP contribution in [-0.2, 0) is 4.79 Å². The van der Waals surface area contributed by atoms with Crippen LogP contribution in [0.15, 0.2) is 0 Å². The molecule has 1 amide bonds. The van der Waals surface area contributed by atoms with Crippen LogP contribution in [0.5, 0.6) is 0 Å². The molecule has 0 aliphatic rings. The van der Waals surface area contributed by atoms with Crippen molar-refractivity contribution >= 4 is 18.5 Å². The predicted molar refractivity (Wildman–Crippen MR) is 47.8 cm³/mol. The number of amides is 1. The minimum absolute atomic E-state index is 0.0147. The predicted octanol–water partition coefficient (Wildman–Crippen LogP) is 0.195. The third-order valence-electron chi connectivity index (χ3n) is 1.22. The Labute approximate surface area is 72.6 Å². The summed E-state index contributed by atoms with van der Waals surface area (Å²) in [6.45, 7) is 0.772. The van der Waals surface area contributed by atoms with Gasteiger partial charge in [-0.3, -0.25) is 4.79 Å². The molecule has 0 saturated heterocycles. The summed E-state index contributed by atoms with van der Waals surface area (Å²) in [7, 11) is 0. The Morgan fingerprint density at radius 1 is 1.45 bits per heavy atom. The smallest absolute Gasteiger partial charge is 0.220 e. The first-order valence-corrected chi connectivity index (χ1v) is 4.43. The highest BCUT2D eigenvalue weighted by molar-refractivity contribution is 7.80. The second-order valence-electron chi connectivity index (χ2n) is 2.25. The molecule has 0 fully saturated rings. The van der Waals surface area contributed by atoms with Gasteiger partial charge in [-0.05, 0) is 18.6 Å². The van der Waals surface area contributed by atoms with Crippen molar-refractivity contribution < 1.29 is 9.90 Å². The Balaban J connectivity index is 3.09. The fourth-order valence-corrected chi connectivity index (χ4v) is 0.793. The van der Waals surface area contributed by atoms with Crippen LogP contribution in [0.25, 0.3) is 0 Å². The number of aliphatic hydroxyl groups is 1. The number of hydrogen-bond acceptors (Lipinski definition) is 3. The Hall–Kier alpha value is -0.220. The van der Waals surface area contributed by atoms with Crippen molar-refractivity contribution in [3.05, 3.63) is 0 Å². The number of rotatable bonds is 6. The lowest BCUT2D eigenvalue weighted by Crippen LogP contribution is -2.24. The zero-order valence-electron chi connectivity index (χ0n) is 6.55. The van der Waals surface area contributed by atoms with Crippen molar-refractivity contribution in [1.29, 1.82) is 0 Å². The molecule has 66 valence electrons. The summed E-state index contributed by atoms with van der Waals surface area (Å²) >= 11 is 4.00. The van der Waals surface area contributed by atoms with E-state index in [0.29, 0.717) is 19.4 Å². The summed E-state index contributed by atoms with van der Waals surface area (Å²) in [5.41, 5.74) is 0. The Morgan fingerprint density at radius 3 is 2.73 bits per heavy atom. The number of carbonyl (C=O) groups is 1. The fourth-order valence-electron chi connectivity index (χ4n) is 0.635. The van der Waals surface area contributed by atoms with Crippen LogP contribution in [0, 0.1) is 0 Å². The van der Waals surface area contributed by atoms with Crippen molar-refractivity contribution in [1.82, 2.24) is 5.32 Å². The quantitative estimate of drug-likeness (QED) is 0.401. The highest BCUT2D eigenvalue weighted by Gasteiger charge is 1.97. The molecule has 0 aromatic carbocycles. The zero-order valence-corrected chi connectivity index (χ0v) is 7.44. The second-order valence-corrected chi connectivity index (χ2v) is 2.70. The molecule has 0 radical (unpaired) electrons. The van der Waals surface area contributed by atoms with Gasteiger partial charge in [0, 0.05) is 19.6 Å². The summed E-state index contributed by atoms with van der Waals surface area (Å²) in [4.78, 5) is 10.8. The van der Waals surface area contributed by atoms with Gasteiger partial charge in [0.25, 0.3) is 0 Å². The van der Waals surface area contributed by atoms with Crippen LogP contribution in [0.4, 0.5) is 0 Å². The molecular weight excluding hydrogens is 162 g/mol. The van der Waals surface area contributed by atoms with Gasteiger partial charge in [-0.1, -0.05) is 0 Å². The number of thiol groups is 1. The summed E-state index contributed by atoms with van der Waals surface area (Å²) in [6, 6.07) is 0. The van der Waals surface area contributed by atoms with E-state index in [-0.39, 0.29) is 12.5 Å². The van der Waals surface area contributed by atoms with E-state index in [9.17, 15) is 4.79 Å². The van der Waals surface area contributed by atoms with E-state index >= 15 is 0 Å². The third kappa shape index (κ3) is 7.68. The van der Waals surface area contributed by atoms with Crippen LogP contribution in [0.3, 0.4) is 0 Å². The van der Waals surface area contributed by atoms with Crippen LogP contribution < -0.4 is 5.32 Å². The standard InChI is InChI=1S/C7H15NO2S/c9-5-1-3-7(10)8-4-2-6-11/h9,11H,1-6H2,(H,8,10). The summed E-state index contributed by atoms with van der Waals surface area (Å²) in [5, 5.41) is 11.1. The molecule has 0 saturated carbocycles. The van der Waals surface area contributed by atoms with E-state index in [0.717, 1.165) is 12.2 Å². The maximum absolute atomic E-state index is 10.8. The molecular formula is C7H15NO2S. The van der Waals surface area contributed by atoms with E-state index in [1.807, 2.05) is 0 Å². The van der Waals surface area contributed by atoms with Crippen LogP contribution in [-0.4, -0.2) is 29.9 Å². The molecule has 0 unspecified atom stereocenters. The monoisotopic (exact) mass is 177 g/mol. The number of nitrogens with one attached hydrogen (secondary N) is 1. The topological polar surface area (TPSA) is 49.3 Å². The van der Waals surface area contributed by atoms with Gasteiger partial charge in [0.2, 0.25) is 5.91 Å². The molecule has 0 aliphatic carbocycles. The zero-order chi connectivity index (χ0) is 8.53. The number of carbonyl (C=O) groups excluding carboxylic acids is 1. The molecule has 0 heterocycles. The van der Waals surface area contributed by atoms with E-state index in [1.54, 1.807) is 0 Å². The lowest BCUT2D eigenvalue weighted by molar-refractivity contribution is -0.121. The molecule has 0 bridgehead atoms. The maximum Gasteiger partial charge on any atom is 0.220 e. The van der Waals surface area contributed by atoms with Crippen LogP contribution in [0.1, 0.15) is 19.3 Å². The Morgan fingerprint density at radius 2 is 2.18 bits per heavy atom. The first-order valence-electron chi connectivity index (χ1n) is 3.79. The minimum atomic E-state index is 0.0147. The van der Waals surface area contributed by atoms with Crippen molar-refractivity contribution in [2.75, 3.05) is 18.9 Å². The van der Waals surface area contributed by atoms with E-state index in [2.05, 4.69) is 17.9 Å². The van der Waals surface area contributed by atoms with Crippen molar-refractivity contribution in [3.8, 4) is 0 Å². The van der Waals surface area contributed by atoms with E-state index in [1.165, 1.54) is 0 Å². The molecule has 0 aliphatic heterocycles. The van der Waals surface area contributed by atoms with Gasteiger partial charge in [-0.2, -0.15) is 12.6 Å². The second kappa shape index (κ2) is 7.88. The van der Waals surface area contributed by atoms with Gasteiger partial charge in [-0.15, -0.1) is 0 Å². The minimum Gasteiger partial charge on any atom is -0.396 e. The lowest BCUT2D eigenvalue weighted by atomic mass is 10.3. The molecule has 0 aromatic heterocycles. The summed E-state index contributed by atoms with van der Waals surface area (Å²) in [5.74, 6) is 0.807. The van der Waals surface area contributed by atoms with Crippen molar-refractivity contribution in [2.45, 2.75) is 19.3 Å². The maximum atomic E-state index is 10.8. The highest BCUT2D eigenvalue weighted by atomic mass is 32.1. The van der Waals surface area contributed by atoms with Gasteiger partial charge in [0.05, 0.1) is 0 Å². The molecule has 0 rings (SSSR count). The first kappa shape index (κ1) is 10.8. The number of hydrogen-bond donors (Lipinski definition) is 3. The molecule has 11 heavy (non-hydrogen) atoms. The van der Waals surface area contributed by atoms with Crippen molar-refractivity contribution in [3.63, 3.8) is 0 Å². The number of aliphatic hydroxyl groups excluding tert-OH is 1. The largest absolute Gasteiger partial charge is 0.396 e. The van der Waals surface area contributed by atoms with Gasteiger partial charge >= 0.3 is 0 Å². The molecule has 0 spiro atoms. The summed E-state index contributed by atoms with van der Waals surface area (Å²) < 4.78 is 0. The Bertz CT molecular complexity index is 109. The van der Waals surface area contributed by atoms with Gasteiger partial charge in [0.15, 0.2) is 0 Å². The normalized spacial score (nSPS) is 9.64. The van der Waals surface area contributed by atoms with Crippen molar-refractivity contribution in [2.24, 2.45) is 0 Å². The average Bonchev–Trinajstić information content (AvgIpc) is 2.01. The summed E-state index contributed by atoms with van der Waals surface area (Å²) in [6.07, 6.45) is 1.86.